The normalized spacial score (nSPS) is 11.4. The second-order valence-electron chi connectivity index (χ2n) is 5.91. The summed E-state index contributed by atoms with van der Waals surface area (Å²) in [6, 6.07) is 24.9. The summed E-state index contributed by atoms with van der Waals surface area (Å²) >= 11 is 0. The van der Waals surface area contributed by atoms with Gasteiger partial charge >= 0.3 is 0 Å². The van der Waals surface area contributed by atoms with Crippen LogP contribution in [0.3, 0.4) is 0 Å². The first-order valence-electron chi connectivity index (χ1n) is 8.07. The summed E-state index contributed by atoms with van der Waals surface area (Å²) < 4.78 is 0. The summed E-state index contributed by atoms with van der Waals surface area (Å²) in [5.74, 6) is 0. The summed E-state index contributed by atoms with van der Waals surface area (Å²) in [5, 5.41) is 0. The van der Waals surface area contributed by atoms with Gasteiger partial charge in [0.15, 0.2) is 0 Å². The van der Waals surface area contributed by atoms with E-state index in [4.69, 9.17) is 5.73 Å². The molecule has 0 aromatic heterocycles. The second kappa shape index (κ2) is 7.47. The maximum Gasteiger partial charge on any atom is 0.0314 e. The van der Waals surface area contributed by atoms with Crippen LogP contribution in [0, 0.1) is 6.92 Å². The molecule has 0 unspecified atom stereocenters. The zero-order valence-electron chi connectivity index (χ0n) is 13.8. The molecule has 0 saturated carbocycles. The van der Waals surface area contributed by atoms with Gasteiger partial charge in [-0.05, 0) is 41.3 Å². The first-order chi connectivity index (χ1) is 11.7. The fourth-order valence-corrected chi connectivity index (χ4v) is 2.48. The number of anilines is 1. The molecular formula is C23H21N. The highest BCUT2D eigenvalue weighted by atomic mass is 14.5. The second-order valence-corrected chi connectivity index (χ2v) is 5.91. The lowest BCUT2D eigenvalue weighted by atomic mass is 10.1. The topological polar surface area (TPSA) is 26.0 Å². The Kier molecular flexibility index (Phi) is 4.93. The van der Waals surface area contributed by atoms with E-state index in [1.54, 1.807) is 0 Å². The van der Waals surface area contributed by atoms with Crippen LogP contribution in [-0.2, 0) is 0 Å². The third kappa shape index (κ3) is 4.47. The van der Waals surface area contributed by atoms with E-state index in [0.717, 1.165) is 11.3 Å². The van der Waals surface area contributed by atoms with E-state index >= 15 is 0 Å². The summed E-state index contributed by atoms with van der Waals surface area (Å²) in [7, 11) is 0. The van der Waals surface area contributed by atoms with Gasteiger partial charge in [-0.2, -0.15) is 0 Å². The van der Waals surface area contributed by atoms with Gasteiger partial charge in [0.05, 0.1) is 0 Å². The van der Waals surface area contributed by atoms with Crippen molar-refractivity contribution in [1.29, 1.82) is 0 Å². The Morgan fingerprint density at radius 3 is 1.54 bits per heavy atom. The van der Waals surface area contributed by atoms with Crippen LogP contribution in [0.5, 0.6) is 0 Å². The number of hydrogen-bond acceptors (Lipinski definition) is 1. The summed E-state index contributed by atoms with van der Waals surface area (Å²) in [6.07, 6.45) is 8.49. The molecule has 3 rings (SSSR count). The van der Waals surface area contributed by atoms with Gasteiger partial charge in [0, 0.05) is 5.69 Å². The number of benzene rings is 3. The van der Waals surface area contributed by atoms with Crippen molar-refractivity contribution in [2.75, 3.05) is 5.73 Å². The summed E-state index contributed by atoms with van der Waals surface area (Å²) in [6.45, 7) is 2.11. The van der Waals surface area contributed by atoms with Crippen LogP contribution in [0.25, 0.3) is 24.3 Å². The molecule has 0 atom stereocenters. The third-order valence-electron chi connectivity index (χ3n) is 3.85. The van der Waals surface area contributed by atoms with Gasteiger partial charge in [-0.3, -0.25) is 0 Å². The number of hydrogen-bond donors (Lipinski definition) is 1. The van der Waals surface area contributed by atoms with Gasteiger partial charge in [-0.1, -0.05) is 90.5 Å². The Labute approximate surface area is 143 Å². The molecule has 2 N–H and O–H groups in total. The smallest absolute Gasteiger partial charge is 0.0314 e. The quantitative estimate of drug-likeness (QED) is 0.470. The van der Waals surface area contributed by atoms with Crippen molar-refractivity contribution in [2.24, 2.45) is 0 Å². The summed E-state index contributed by atoms with van der Waals surface area (Å²) in [5.41, 5.74) is 12.5. The maximum absolute atomic E-state index is 5.70. The minimum Gasteiger partial charge on any atom is -0.399 e. The molecule has 3 aromatic carbocycles. The number of rotatable bonds is 4. The van der Waals surface area contributed by atoms with Gasteiger partial charge < -0.3 is 5.73 Å². The molecule has 0 bridgehead atoms. The largest absolute Gasteiger partial charge is 0.399 e. The lowest BCUT2D eigenvalue weighted by Crippen LogP contribution is -1.82. The fraction of sp³-hybridized carbons (Fsp3) is 0.0435. The van der Waals surface area contributed by atoms with Gasteiger partial charge in [-0.25, -0.2) is 0 Å². The van der Waals surface area contributed by atoms with Crippen LogP contribution >= 0.6 is 0 Å². The molecule has 0 aliphatic carbocycles. The molecule has 0 fully saturated rings. The van der Waals surface area contributed by atoms with Crippen LogP contribution in [0.2, 0.25) is 0 Å². The molecule has 118 valence electrons. The highest BCUT2D eigenvalue weighted by Crippen LogP contribution is 2.14. The minimum absolute atomic E-state index is 0.789. The van der Waals surface area contributed by atoms with Crippen LogP contribution in [-0.4, -0.2) is 0 Å². The Morgan fingerprint density at radius 2 is 1.04 bits per heavy atom. The molecule has 24 heavy (non-hydrogen) atoms. The highest BCUT2D eigenvalue weighted by Gasteiger charge is 1.92. The standard InChI is InChI=1S/C23H21N/c1-18-3-2-4-22(17-18)12-11-20-7-5-19(6-8-20)9-10-21-13-15-23(24)16-14-21/h2-17H,24H2,1H3. The van der Waals surface area contributed by atoms with Gasteiger partial charge in [0.2, 0.25) is 0 Å². The number of aryl methyl sites for hydroxylation is 1. The SMILES string of the molecule is Cc1cccc(C=Cc2ccc(C=Cc3ccc(N)cc3)cc2)c1. The van der Waals surface area contributed by atoms with Crippen molar-refractivity contribution < 1.29 is 0 Å². The maximum atomic E-state index is 5.70. The molecule has 0 aliphatic heterocycles. The van der Waals surface area contributed by atoms with Crippen molar-refractivity contribution in [1.82, 2.24) is 0 Å². The molecule has 0 heterocycles. The first kappa shape index (κ1) is 15.8. The monoisotopic (exact) mass is 311 g/mol. The fourth-order valence-electron chi connectivity index (χ4n) is 2.48. The average Bonchev–Trinajstić information content (AvgIpc) is 2.60. The van der Waals surface area contributed by atoms with Crippen molar-refractivity contribution in [3.63, 3.8) is 0 Å². The molecule has 1 heteroatoms. The lowest BCUT2D eigenvalue weighted by Gasteiger charge is -1.99. The number of nitrogens with two attached hydrogens (primary N) is 1. The van der Waals surface area contributed by atoms with Gasteiger partial charge in [0.1, 0.15) is 0 Å². The number of nitrogen functional groups attached to an aromatic ring is 1. The molecule has 3 aromatic rings. The minimum atomic E-state index is 0.789. The highest BCUT2D eigenvalue weighted by molar-refractivity contribution is 5.73. The molecular weight excluding hydrogens is 290 g/mol. The Bertz CT molecular complexity index is 853. The van der Waals surface area contributed by atoms with Crippen molar-refractivity contribution in [3.05, 3.63) is 101 Å². The molecule has 0 amide bonds. The van der Waals surface area contributed by atoms with Crippen LogP contribution in [0.4, 0.5) is 5.69 Å². The van der Waals surface area contributed by atoms with Crippen molar-refractivity contribution >= 4 is 30.0 Å². The zero-order valence-corrected chi connectivity index (χ0v) is 13.8. The average molecular weight is 311 g/mol. The third-order valence-corrected chi connectivity index (χ3v) is 3.85. The predicted octanol–water partition coefficient (Wildman–Crippen LogP) is 5.92. The molecule has 1 nitrogen and oxygen atoms in total. The molecule has 0 spiro atoms. The van der Waals surface area contributed by atoms with E-state index in [1.165, 1.54) is 22.3 Å². The summed E-state index contributed by atoms with van der Waals surface area (Å²) in [4.78, 5) is 0. The molecule has 0 saturated heterocycles. The molecule has 0 radical (unpaired) electrons. The zero-order chi connectivity index (χ0) is 16.8. The van der Waals surface area contributed by atoms with E-state index in [2.05, 4.69) is 79.8 Å². The first-order valence-corrected chi connectivity index (χ1v) is 8.07. The van der Waals surface area contributed by atoms with Gasteiger partial charge in [-0.15, -0.1) is 0 Å². The van der Waals surface area contributed by atoms with Crippen LogP contribution in [0.1, 0.15) is 27.8 Å². The van der Waals surface area contributed by atoms with Gasteiger partial charge in [0.25, 0.3) is 0 Å². The molecule has 0 aliphatic rings. The Balaban J connectivity index is 1.68. The van der Waals surface area contributed by atoms with E-state index in [0.29, 0.717) is 0 Å². The van der Waals surface area contributed by atoms with E-state index in [1.807, 2.05) is 24.3 Å². The lowest BCUT2D eigenvalue weighted by molar-refractivity contribution is 1.46. The van der Waals surface area contributed by atoms with E-state index < -0.39 is 0 Å². The Hall–Kier alpha value is -3.06. The predicted molar refractivity (Wildman–Crippen MR) is 106 cm³/mol. The Morgan fingerprint density at radius 1 is 0.583 bits per heavy atom. The van der Waals surface area contributed by atoms with Crippen LogP contribution in [0.15, 0.2) is 72.8 Å². The van der Waals surface area contributed by atoms with E-state index in [-0.39, 0.29) is 0 Å². The van der Waals surface area contributed by atoms with Crippen molar-refractivity contribution in [2.45, 2.75) is 6.92 Å². The van der Waals surface area contributed by atoms with Crippen LogP contribution < -0.4 is 5.73 Å². The van der Waals surface area contributed by atoms with E-state index in [9.17, 15) is 0 Å². The van der Waals surface area contributed by atoms with Crippen molar-refractivity contribution in [3.8, 4) is 0 Å².